The zero-order chi connectivity index (χ0) is 13.7. The molecule has 1 aliphatic rings. The summed E-state index contributed by atoms with van der Waals surface area (Å²) in [6.45, 7) is 0.700. The third-order valence-electron chi connectivity index (χ3n) is 4.04. The van der Waals surface area contributed by atoms with Crippen LogP contribution in [0, 0.1) is 5.92 Å². The van der Waals surface area contributed by atoms with E-state index in [4.69, 9.17) is 5.73 Å². The van der Waals surface area contributed by atoms with E-state index in [1.807, 2.05) is 30.1 Å². The number of hydrogen-bond acceptors (Lipinski definition) is 2. The van der Waals surface area contributed by atoms with Crippen molar-refractivity contribution in [1.29, 1.82) is 0 Å². The van der Waals surface area contributed by atoms with Crippen LogP contribution in [0.5, 0.6) is 0 Å². The molecule has 0 aromatic heterocycles. The molecule has 1 aliphatic carbocycles. The molecular weight excluding hydrogens is 236 g/mol. The molecule has 3 nitrogen and oxygen atoms in total. The van der Waals surface area contributed by atoms with Crippen molar-refractivity contribution < 1.29 is 4.79 Å². The van der Waals surface area contributed by atoms with Crippen LogP contribution in [0.3, 0.4) is 0 Å². The highest BCUT2D eigenvalue weighted by Gasteiger charge is 2.22. The van der Waals surface area contributed by atoms with E-state index in [0.717, 1.165) is 25.7 Å². The largest absolute Gasteiger partial charge is 0.341 e. The van der Waals surface area contributed by atoms with Crippen LogP contribution in [0.4, 0.5) is 0 Å². The van der Waals surface area contributed by atoms with Gasteiger partial charge in [0.1, 0.15) is 0 Å². The number of nitrogens with two attached hydrogens (primary N) is 1. The second-order valence-electron chi connectivity index (χ2n) is 5.72. The van der Waals surface area contributed by atoms with Crippen molar-refractivity contribution in [3.8, 4) is 0 Å². The fourth-order valence-electron chi connectivity index (χ4n) is 2.74. The van der Waals surface area contributed by atoms with Crippen LogP contribution in [0.15, 0.2) is 30.3 Å². The number of carbonyl (C=O) groups is 1. The van der Waals surface area contributed by atoms with E-state index < -0.39 is 0 Å². The van der Waals surface area contributed by atoms with Crippen LogP contribution in [-0.4, -0.2) is 23.9 Å². The van der Waals surface area contributed by atoms with Gasteiger partial charge in [0.2, 0.25) is 5.91 Å². The van der Waals surface area contributed by atoms with Crippen molar-refractivity contribution in [2.75, 3.05) is 7.05 Å². The maximum atomic E-state index is 12.2. The van der Waals surface area contributed by atoms with E-state index in [1.54, 1.807) is 0 Å². The van der Waals surface area contributed by atoms with Gasteiger partial charge < -0.3 is 10.6 Å². The molecule has 0 atom stereocenters. The summed E-state index contributed by atoms with van der Waals surface area (Å²) in [5, 5.41) is 0. The third-order valence-corrected chi connectivity index (χ3v) is 4.04. The van der Waals surface area contributed by atoms with Gasteiger partial charge in [-0.3, -0.25) is 4.79 Å². The Labute approximate surface area is 115 Å². The van der Waals surface area contributed by atoms with Crippen molar-refractivity contribution in [2.24, 2.45) is 11.7 Å². The quantitative estimate of drug-likeness (QED) is 0.904. The number of amides is 1. The highest BCUT2D eigenvalue weighted by Crippen LogP contribution is 2.26. The normalized spacial score (nSPS) is 23.1. The van der Waals surface area contributed by atoms with Gasteiger partial charge in [-0.25, -0.2) is 0 Å². The summed E-state index contributed by atoms with van der Waals surface area (Å²) >= 11 is 0. The summed E-state index contributed by atoms with van der Waals surface area (Å²) in [6.07, 6.45) is 5.02. The average Bonchev–Trinajstić information content (AvgIpc) is 2.42. The molecule has 1 amide bonds. The lowest BCUT2D eigenvalue weighted by Crippen LogP contribution is -2.31. The van der Waals surface area contributed by atoms with Crippen molar-refractivity contribution >= 4 is 5.91 Å². The van der Waals surface area contributed by atoms with E-state index in [1.165, 1.54) is 5.56 Å². The standard InChI is InChI=1S/C16H24N2O/c1-18(12-14-5-3-2-4-6-14)16(19)11-13-7-9-15(17)10-8-13/h2-6,13,15H,7-12,17H2,1H3. The van der Waals surface area contributed by atoms with Gasteiger partial charge in [-0.1, -0.05) is 30.3 Å². The zero-order valence-electron chi connectivity index (χ0n) is 11.7. The van der Waals surface area contributed by atoms with Crippen LogP contribution in [0.2, 0.25) is 0 Å². The molecule has 1 saturated carbocycles. The Morgan fingerprint density at radius 3 is 2.47 bits per heavy atom. The minimum Gasteiger partial charge on any atom is -0.341 e. The Morgan fingerprint density at radius 2 is 1.84 bits per heavy atom. The number of nitrogens with zero attached hydrogens (tertiary/aromatic N) is 1. The number of benzene rings is 1. The summed E-state index contributed by atoms with van der Waals surface area (Å²) in [6, 6.07) is 10.5. The summed E-state index contributed by atoms with van der Waals surface area (Å²) in [4.78, 5) is 14.0. The Kier molecular flexibility index (Phi) is 4.97. The van der Waals surface area contributed by atoms with Gasteiger partial charge in [-0.05, 0) is 37.2 Å². The van der Waals surface area contributed by atoms with E-state index in [-0.39, 0.29) is 5.91 Å². The lowest BCUT2D eigenvalue weighted by molar-refractivity contribution is -0.131. The first-order chi connectivity index (χ1) is 9.15. The highest BCUT2D eigenvalue weighted by atomic mass is 16.2. The first-order valence-corrected chi connectivity index (χ1v) is 7.18. The Morgan fingerprint density at radius 1 is 1.21 bits per heavy atom. The topological polar surface area (TPSA) is 46.3 Å². The first-order valence-electron chi connectivity index (χ1n) is 7.18. The van der Waals surface area contributed by atoms with Gasteiger partial charge in [0.05, 0.1) is 0 Å². The minimum atomic E-state index is 0.254. The molecule has 0 spiro atoms. The van der Waals surface area contributed by atoms with E-state index >= 15 is 0 Å². The van der Waals surface area contributed by atoms with E-state index in [0.29, 0.717) is 24.9 Å². The lowest BCUT2D eigenvalue weighted by Gasteiger charge is -2.27. The van der Waals surface area contributed by atoms with Crippen LogP contribution in [0.25, 0.3) is 0 Å². The molecule has 1 aromatic rings. The van der Waals surface area contributed by atoms with Gasteiger partial charge in [0, 0.05) is 26.1 Å². The summed E-state index contributed by atoms with van der Waals surface area (Å²) in [5.74, 6) is 0.787. The average molecular weight is 260 g/mol. The number of hydrogen-bond donors (Lipinski definition) is 1. The molecule has 19 heavy (non-hydrogen) atoms. The Bertz CT molecular complexity index is 396. The molecule has 104 valence electrons. The summed E-state index contributed by atoms with van der Waals surface area (Å²) in [7, 11) is 1.89. The van der Waals surface area contributed by atoms with Gasteiger partial charge in [-0.15, -0.1) is 0 Å². The summed E-state index contributed by atoms with van der Waals surface area (Å²) < 4.78 is 0. The molecule has 3 heteroatoms. The van der Waals surface area contributed by atoms with Crippen molar-refractivity contribution in [2.45, 2.75) is 44.7 Å². The van der Waals surface area contributed by atoms with Crippen LogP contribution in [0.1, 0.15) is 37.7 Å². The smallest absolute Gasteiger partial charge is 0.222 e. The van der Waals surface area contributed by atoms with Gasteiger partial charge in [-0.2, -0.15) is 0 Å². The van der Waals surface area contributed by atoms with Gasteiger partial charge in [0.15, 0.2) is 0 Å². The predicted octanol–water partition coefficient (Wildman–Crippen LogP) is 2.55. The molecule has 0 saturated heterocycles. The highest BCUT2D eigenvalue weighted by molar-refractivity contribution is 5.76. The van der Waals surface area contributed by atoms with Gasteiger partial charge >= 0.3 is 0 Å². The molecule has 0 bridgehead atoms. The maximum Gasteiger partial charge on any atom is 0.222 e. The van der Waals surface area contributed by atoms with Gasteiger partial charge in [0.25, 0.3) is 0 Å². The fourth-order valence-corrected chi connectivity index (χ4v) is 2.74. The molecule has 0 unspecified atom stereocenters. The van der Waals surface area contributed by atoms with E-state index in [9.17, 15) is 4.79 Å². The monoisotopic (exact) mass is 260 g/mol. The van der Waals surface area contributed by atoms with E-state index in [2.05, 4.69) is 12.1 Å². The molecule has 0 radical (unpaired) electrons. The second-order valence-corrected chi connectivity index (χ2v) is 5.72. The maximum absolute atomic E-state index is 12.2. The molecule has 1 fully saturated rings. The van der Waals surface area contributed by atoms with Crippen LogP contribution < -0.4 is 5.73 Å². The molecule has 2 rings (SSSR count). The first kappa shape index (κ1) is 14.1. The van der Waals surface area contributed by atoms with Crippen LogP contribution >= 0.6 is 0 Å². The SMILES string of the molecule is CN(Cc1ccccc1)C(=O)CC1CCC(N)CC1. The molecule has 0 heterocycles. The zero-order valence-corrected chi connectivity index (χ0v) is 11.7. The minimum absolute atomic E-state index is 0.254. The van der Waals surface area contributed by atoms with Crippen molar-refractivity contribution in [3.05, 3.63) is 35.9 Å². The van der Waals surface area contributed by atoms with Crippen molar-refractivity contribution in [1.82, 2.24) is 4.90 Å². The van der Waals surface area contributed by atoms with Crippen molar-refractivity contribution in [3.63, 3.8) is 0 Å². The molecule has 0 aliphatic heterocycles. The molecular formula is C16H24N2O. The Hall–Kier alpha value is -1.35. The Balaban J connectivity index is 1.79. The lowest BCUT2D eigenvalue weighted by atomic mass is 9.84. The molecule has 2 N–H and O–H groups in total. The third kappa shape index (κ3) is 4.35. The fraction of sp³-hybridized carbons (Fsp3) is 0.562. The number of carbonyl (C=O) groups excluding carboxylic acids is 1. The van der Waals surface area contributed by atoms with Crippen LogP contribution in [-0.2, 0) is 11.3 Å². The second kappa shape index (κ2) is 6.71. The molecule has 1 aromatic carbocycles. The number of rotatable bonds is 4. The summed E-state index contributed by atoms with van der Waals surface area (Å²) in [5.41, 5.74) is 7.08. The predicted molar refractivity (Wildman–Crippen MR) is 77.5 cm³/mol.